The van der Waals surface area contributed by atoms with Gasteiger partial charge in [0, 0.05) is 0 Å². The summed E-state index contributed by atoms with van der Waals surface area (Å²) in [5.41, 5.74) is 1.48. The van der Waals surface area contributed by atoms with Gasteiger partial charge in [-0.15, -0.1) is 0 Å². The maximum Gasteiger partial charge on any atom is 0.408 e. The number of hydrogen-bond acceptors (Lipinski definition) is 7. The molecule has 0 aliphatic rings. The average molecular weight is 422 g/mol. The Morgan fingerprint density at radius 3 is 1.93 bits per heavy atom. The van der Waals surface area contributed by atoms with E-state index in [1.165, 1.54) is 4.89 Å². The van der Waals surface area contributed by atoms with Crippen LogP contribution < -0.4 is 10.2 Å². The number of amides is 1. The number of rotatable bonds is 10. The molecule has 0 aliphatic heterocycles. The Hall–Kier alpha value is -2.95. The van der Waals surface area contributed by atoms with Crippen LogP contribution in [0, 0.1) is 0 Å². The van der Waals surface area contributed by atoms with E-state index >= 15 is 0 Å². The number of esters is 1. The van der Waals surface area contributed by atoms with Crippen LogP contribution >= 0.6 is 0 Å². The fourth-order valence-electron chi connectivity index (χ4n) is 2.30. The lowest BCUT2D eigenvalue weighted by Gasteiger charge is -2.17. The summed E-state index contributed by atoms with van der Waals surface area (Å²) < 4.78 is 33.1. The Kier molecular flexibility index (Phi) is 8.59. The number of carbonyl (C=O) groups excluding carboxylic acids is 2. The summed E-state index contributed by atoms with van der Waals surface area (Å²) in [6.07, 6.45) is -1.21. The Bertz CT molecular complexity index is 889. The number of hydrogen-bond donors (Lipinski definition) is 3. The van der Waals surface area contributed by atoms with E-state index in [1.54, 1.807) is 48.5 Å². The maximum atomic E-state index is 12.4. The lowest BCUT2D eigenvalue weighted by Crippen LogP contribution is -2.43. The second-order valence-corrected chi connectivity index (χ2v) is 7.87. The van der Waals surface area contributed by atoms with E-state index in [9.17, 15) is 18.0 Å². The van der Waals surface area contributed by atoms with Crippen molar-refractivity contribution in [2.24, 2.45) is 0 Å². The molecule has 1 atom stereocenters. The van der Waals surface area contributed by atoms with Crippen molar-refractivity contribution in [3.05, 3.63) is 71.8 Å². The number of sulfonamides is 1. The smallest absolute Gasteiger partial charge is 0.408 e. The van der Waals surface area contributed by atoms with Crippen molar-refractivity contribution < 1.29 is 32.7 Å². The number of ether oxygens (including phenoxy) is 2. The first-order chi connectivity index (χ1) is 13.9. The topological polar surface area (TPSA) is 131 Å². The third-order valence-corrected chi connectivity index (χ3v) is 4.88. The number of benzene rings is 2. The molecular formula is C19H22N2O7S. The second-order valence-electron chi connectivity index (χ2n) is 6.05. The van der Waals surface area contributed by atoms with Crippen molar-refractivity contribution in [3.63, 3.8) is 0 Å². The quantitative estimate of drug-likeness (QED) is 0.392. The highest BCUT2D eigenvalue weighted by Gasteiger charge is 2.25. The molecule has 9 nitrogen and oxygen atoms in total. The molecule has 2 aromatic rings. The third kappa shape index (κ3) is 8.30. The molecule has 29 heavy (non-hydrogen) atoms. The normalized spacial score (nSPS) is 12.0. The summed E-state index contributed by atoms with van der Waals surface area (Å²) in [5.74, 6) is -1.42. The van der Waals surface area contributed by atoms with Crippen molar-refractivity contribution >= 4 is 22.1 Å². The van der Waals surface area contributed by atoms with Crippen LogP contribution in [-0.4, -0.2) is 37.5 Å². The zero-order chi connectivity index (χ0) is 21.1. The zero-order valence-corrected chi connectivity index (χ0v) is 16.3. The van der Waals surface area contributed by atoms with Gasteiger partial charge in [0.2, 0.25) is 10.0 Å². The Labute approximate surface area is 168 Å². The van der Waals surface area contributed by atoms with Crippen LogP contribution in [-0.2, 0) is 37.5 Å². The van der Waals surface area contributed by atoms with Gasteiger partial charge in [0.15, 0.2) is 0 Å². The lowest BCUT2D eigenvalue weighted by molar-refractivity contribution is -0.147. The Balaban J connectivity index is 1.95. The molecule has 1 amide bonds. The summed E-state index contributed by atoms with van der Waals surface area (Å²) in [7, 11) is -4.00. The molecule has 2 rings (SSSR count). The van der Waals surface area contributed by atoms with Crippen LogP contribution in [0.3, 0.4) is 0 Å². The van der Waals surface area contributed by atoms with Crippen LogP contribution in [0.25, 0.3) is 0 Å². The van der Waals surface area contributed by atoms with Gasteiger partial charge in [-0.3, -0.25) is 0 Å². The number of alkyl carbamates (subject to hydrolysis) is 1. The predicted molar refractivity (Wildman–Crippen MR) is 103 cm³/mol. The van der Waals surface area contributed by atoms with Gasteiger partial charge in [-0.1, -0.05) is 65.5 Å². The summed E-state index contributed by atoms with van der Waals surface area (Å²) in [6, 6.07) is 16.5. The largest absolute Gasteiger partial charge is 0.459 e. The first-order valence-corrected chi connectivity index (χ1v) is 10.4. The molecule has 0 saturated carbocycles. The molecule has 0 spiro atoms. The summed E-state index contributed by atoms with van der Waals surface area (Å²) in [6.45, 7) is -0.0587. The van der Waals surface area contributed by atoms with Gasteiger partial charge in [0.05, 0.1) is 5.75 Å². The lowest BCUT2D eigenvalue weighted by atomic mass is 10.2. The average Bonchev–Trinajstić information content (AvgIpc) is 2.75. The SMILES string of the molecule is O=C(NC(CCS(=O)(=O)NO)C(=O)OCc1ccccc1)OCc1ccccc1. The van der Waals surface area contributed by atoms with Crippen LogP contribution in [0.15, 0.2) is 60.7 Å². The molecule has 0 bridgehead atoms. The molecule has 0 saturated heterocycles. The highest BCUT2D eigenvalue weighted by atomic mass is 32.2. The molecule has 10 heteroatoms. The molecule has 0 fully saturated rings. The molecule has 2 aromatic carbocycles. The Morgan fingerprint density at radius 1 is 0.897 bits per heavy atom. The van der Waals surface area contributed by atoms with E-state index in [0.717, 1.165) is 11.1 Å². The summed E-state index contributed by atoms with van der Waals surface area (Å²) >= 11 is 0. The van der Waals surface area contributed by atoms with E-state index in [4.69, 9.17) is 14.7 Å². The van der Waals surface area contributed by atoms with E-state index in [-0.39, 0.29) is 19.6 Å². The maximum absolute atomic E-state index is 12.4. The highest BCUT2D eigenvalue weighted by Crippen LogP contribution is 2.06. The molecule has 0 aliphatic carbocycles. The highest BCUT2D eigenvalue weighted by molar-refractivity contribution is 7.89. The van der Waals surface area contributed by atoms with E-state index in [0.29, 0.717) is 0 Å². The van der Waals surface area contributed by atoms with Crippen LogP contribution in [0.5, 0.6) is 0 Å². The Morgan fingerprint density at radius 2 is 1.41 bits per heavy atom. The first kappa shape index (κ1) is 22.3. The molecule has 0 heterocycles. The van der Waals surface area contributed by atoms with Gasteiger partial charge in [-0.25, -0.2) is 18.0 Å². The summed E-state index contributed by atoms with van der Waals surface area (Å²) in [4.78, 5) is 25.6. The summed E-state index contributed by atoms with van der Waals surface area (Å²) in [5, 5.41) is 10.9. The van der Waals surface area contributed by atoms with Crippen LogP contribution in [0.4, 0.5) is 4.79 Å². The molecule has 1 unspecified atom stereocenters. The third-order valence-electron chi connectivity index (χ3n) is 3.83. The van der Waals surface area contributed by atoms with Gasteiger partial charge in [0.1, 0.15) is 19.3 Å². The van der Waals surface area contributed by atoms with Gasteiger partial charge >= 0.3 is 12.1 Å². The fourth-order valence-corrected chi connectivity index (χ4v) is 2.94. The van der Waals surface area contributed by atoms with E-state index < -0.39 is 33.9 Å². The monoisotopic (exact) mass is 422 g/mol. The van der Waals surface area contributed by atoms with Crippen molar-refractivity contribution in [3.8, 4) is 0 Å². The van der Waals surface area contributed by atoms with Crippen molar-refractivity contribution in [1.29, 1.82) is 0 Å². The van der Waals surface area contributed by atoms with Gasteiger partial charge in [-0.05, 0) is 17.5 Å². The molecule has 156 valence electrons. The van der Waals surface area contributed by atoms with Crippen LogP contribution in [0.1, 0.15) is 17.5 Å². The second kappa shape index (κ2) is 11.1. The number of carbonyl (C=O) groups is 2. The van der Waals surface area contributed by atoms with Crippen molar-refractivity contribution in [2.75, 3.05) is 5.75 Å². The molecule has 3 N–H and O–H groups in total. The van der Waals surface area contributed by atoms with Crippen molar-refractivity contribution in [2.45, 2.75) is 25.7 Å². The van der Waals surface area contributed by atoms with Gasteiger partial charge in [-0.2, -0.15) is 0 Å². The zero-order valence-electron chi connectivity index (χ0n) is 15.5. The molecule has 0 aromatic heterocycles. The van der Waals surface area contributed by atoms with Gasteiger partial charge < -0.3 is 20.0 Å². The minimum Gasteiger partial charge on any atom is -0.459 e. The van der Waals surface area contributed by atoms with Gasteiger partial charge in [0.25, 0.3) is 0 Å². The first-order valence-electron chi connectivity index (χ1n) is 8.71. The molecule has 0 radical (unpaired) electrons. The van der Waals surface area contributed by atoms with E-state index in [1.807, 2.05) is 12.1 Å². The van der Waals surface area contributed by atoms with Crippen LogP contribution in [0.2, 0.25) is 0 Å². The molecular weight excluding hydrogens is 400 g/mol. The fraction of sp³-hybridized carbons (Fsp3) is 0.263. The standard InChI is InChI=1S/C19H22N2O7S/c22-18(27-13-15-7-3-1-4-8-15)17(11-12-29(25,26)21-24)20-19(23)28-14-16-9-5-2-6-10-16/h1-10,17,21,24H,11-14H2,(H,20,23). The number of nitrogens with one attached hydrogen (secondary N) is 2. The van der Waals surface area contributed by atoms with Crippen molar-refractivity contribution in [1.82, 2.24) is 10.2 Å². The minimum absolute atomic E-state index is 0.0189. The minimum atomic E-state index is -4.00. The van der Waals surface area contributed by atoms with E-state index in [2.05, 4.69) is 5.32 Å². The predicted octanol–water partition coefficient (Wildman–Crippen LogP) is 1.72.